The van der Waals surface area contributed by atoms with Gasteiger partial charge in [0.05, 0.1) is 17.3 Å². The highest BCUT2D eigenvalue weighted by molar-refractivity contribution is 6.23. The molecule has 2 aromatic rings. The maximum Gasteiger partial charge on any atom is 0.271 e. The Kier molecular flexibility index (Phi) is 3.86. The van der Waals surface area contributed by atoms with Gasteiger partial charge in [-0.1, -0.05) is 42.5 Å². The number of hydrogen-bond acceptors (Lipinski definition) is 4. The van der Waals surface area contributed by atoms with Crippen molar-refractivity contribution in [2.45, 2.75) is 13.1 Å². The van der Waals surface area contributed by atoms with E-state index in [1.165, 1.54) is 11.1 Å². The summed E-state index contributed by atoms with van der Waals surface area (Å²) < 4.78 is 0. The van der Waals surface area contributed by atoms with E-state index in [9.17, 15) is 4.79 Å². The zero-order valence-corrected chi connectivity index (χ0v) is 14.2. The molecule has 0 fully saturated rings. The number of nitrogens with one attached hydrogen (secondary N) is 1. The summed E-state index contributed by atoms with van der Waals surface area (Å²) in [7, 11) is 0. The Bertz CT molecular complexity index is 995. The number of benzene rings is 2. The van der Waals surface area contributed by atoms with Crippen LogP contribution >= 0.6 is 0 Å². The molecular formula is C21H16N4O. The van der Waals surface area contributed by atoms with Crippen LogP contribution in [-0.4, -0.2) is 22.8 Å². The summed E-state index contributed by atoms with van der Waals surface area (Å²) in [5, 5.41) is 18.2. The van der Waals surface area contributed by atoms with Gasteiger partial charge in [-0.25, -0.2) is 5.01 Å². The van der Waals surface area contributed by atoms with Crippen molar-refractivity contribution in [3.8, 4) is 6.07 Å². The molecule has 4 rings (SSSR count). The molecule has 2 aliphatic rings. The van der Waals surface area contributed by atoms with E-state index in [4.69, 9.17) is 5.26 Å². The molecular weight excluding hydrogens is 324 g/mol. The van der Waals surface area contributed by atoms with Crippen LogP contribution in [0.3, 0.4) is 0 Å². The van der Waals surface area contributed by atoms with E-state index in [0.29, 0.717) is 5.56 Å². The first-order chi connectivity index (χ1) is 12.7. The van der Waals surface area contributed by atoms with Crippen LogP contribution < -0.4 is 5.32 Å². The Morgan fingerprint density at radius 1 is 1.08 bits per heavy atom. The zero-order chi connectivity index (χ0) is 18.1. The van der Waals surface area contributed by atoms with Gasteiger partial charge in [0.25, 0.3) is 5.91 Å². The third-order valence-electron chi connectivity index (χ3n) is 4.44. The molecule has 0 aromatic heterocycles. The predicted octanol–water partition coefficient (Wildman–Crippen LogP) is 3.13. The minimum Gasteiger partial charge on any atom is -0.360 e. The van der Waals surface area contributed by atoms with E-state index >= 15 is 0 Å². The number of carbonyl (C=O) groups is 1. The van der Waals surface area contributed by atoms with E-state index < -0.39 is 0 Å². The normalized spacial score (nSPS) is 18.8. The number of nitriles is 1. The van der Waals surface area contributed by atoms with Gasteiger partial charge in [0, 0.05) is 17.3 Å². The lowest BCUT2D eigenvalue weighted by Crippen LogP contribution is -2.49. The summed E-state index contributed by atoms with van der Waals surface area (Å²) in [6, 6.07) is 19.2. The SMILES string of the molecule is CC1=NN2C(=O)C=C(c3ccc(C#N)cc3)NC2C=C1c1ccccc1. The van der Waals surface area contributed by atoms with Crippen LogP contribution in [0.5, 0.6) is 0 Å². The minimum atomic E-state index is -0.350. The van der Waals surface area contributed by atoms with Crippen molar-refractivity contribution < 1.29 is 4.79 Å². The number of rotatable bonds is 2. The summed E-state index contributed by atoms with van der Waals surface area (Å²) in [5.74, 6) is -0.171. The number of hydrazone groups is 1. The number of nitrogens with zero attached hydrogens (tertiary/aromatic N) is 3. The Balaban J connectivity index is 1.69. The second-order valence-corrected chi connectivity index (χ2v) is 6.15. The molecule has 5 heteroatoms. The van der Waals surface area contributed by atoms with Gasteiger partial charge in [-0.15, -0.1) is 0 Å². The van der Waals surface area contributed by atoms with Crippen molar-refractivity contribution in [2.75, 3.05) is 0 Å². The van der Waals surface area contributed by atoms with Crippen LogP contribution in [0.4, 0.5) is 0 Å². The van der Waals surface area contributed by atoms with Crippen LogP contribution in [0, 0.1) is 11.3 Å². The van der Waals surface area contributed by atoms with Gasteiger partial charge < -0.3 is 5.32 Å². The highest BCUT2D eigenvalue weighted by Crippen LogP contribution is 2.27. The van der Waals surface area contributed by atoms with Gasteiger partial charge in [0.15, 0.2) is 0 Å². The molecule has 0 bridgehead atoms. The van der Waals surface area contributed by atoms with Gasteiger partial charge in [0.1, 0.15) is 6.17 Å². The molecule has 2 aromatic carbocycles. The standard InChI is InChI=1S/C21H16N4O/c1-14-18(16-5-3-2-4-6-16)11-20-23-19(12-21(26)25(20)24-14)17-9-7-15(13-22)8-10-17/h2-12,20,23H,1H3. The van der Waals surface area contributed by atoms with Gasteiger partial charge in [-0.2, -0.15) is 10.4 Å². The lowest BCUT2D eigenvalue weighted by Gasteiger charge is -2.35. The summed E-state index contributed by atoms with van der Waals surface area (Å²) in [5.41, 5.74) is 5.04. The molecule has 1 amide bonds. The van der Waals surface area contributed by atoms with Crippen molar-refractivity contribution in [1.29, 1.82) is 5.26 Å². The Hall–Kier alpha value is -3.65. The van der Waals surface area contributed by atoms with Crippen LogP contribution in [0.15, 0.2) is 71.9 Å². The summed E-state index contributed by atoms with van der Waals surface area (Å²) in [4.78, 5) is 12.5. The van der Waals surface area contributed by atoms with Crippen LogP contribution in [0.1, 0.15) is 23.6 Å². The second-order valence-electron chi connectivity index (χ2n) is 6.15. The largest absolute Gasteiger partial charge is 0.360 e. The first-order valence-electron chi connectivity index (χ1n) is 8.30. The van der Waals surface area contributed by atoms with Gasteiger partial charge in [-0.05, 0) is 36.3 Å². The first-order valence-corrected chi connectivity index (χ1v) is 8.30. The maximum atomic E-state index is 12.5. The fraction of sp³-hybridized carbons (Fsp3) is 0.0952. The topological polar surface area (TPSA) is 68.5 Å². The third-order valence-corrected chi connectivity index (χ3v) is 4.44. The molecule has 0 saturated carbocycles. The van der Waals surface area contributed by atoms with E-state index in [0.717, 1.165) is 28.1 Å². The van der Waals surface area contributed by atoms with Crippen LogP contribution in [0.25, 0.3) is 11.3 Å². The molecule has 26 heavy (non-hydrogen) atoms. The molecule has 0 radical (unpaired) electrons. The Labute approximate surface area is 151 Å². The molecule has 1 N–H and O–H groups in total. The highest BCUT2D eigenvalue weighted by Gasteiger charge is 2.31. The molecule has 0 spiro atoms. The van der Waals surface area contributed by atoms with Crippen molar-refractivity contribution in [3.63, 3.8) is 0 Å². The summed E-state index contributed by atoms with van der Waals surface area (Å²) in [6.45, 7) is 1.90. The molecule has 0 saturated heterocycles. The molecule has 5 nitrogen and oxygen atoms in total. The molecule has 1 atom stereocenters. The third kappa shape index (κ3) is 2.78. The van der Waals surface area contributed by atoms with Gasteiger partial charge in [-0.3, -0.25) is 4.79 Å². The predicted molar refractivity (Wildman–Crippen MR) is 100 cm³/mol. The monoisotopic (exact) mass is 340 g/mol. The zero-order valence-electron chi connectivity index (χ0n) is 14.2. The Morgan fingerprint density at radius 2 is 1.81 bits per heavy atom. The van der Waals surface area contributed by atoms with Crippen molar-refractivity contribution in [3.05, 3.63) is 83.4 Å². The van der Waals surface area contributed by atoms with Crippen molar-refractivity contribution in [1.82, 2.24) is 10.3 Å². The fourth-order valence-corrected chi connectivity index (χ4v) is 3.12. The van der Waals surface area contributed by atoms with E-state index in [1.807, 2.05) is 55.5 Å². The lowest BCUT2D eigenvalue weighted by atomic mass is 9.98. The molecule has 2 heterocycles. The van der Waals surface area contributed by atoms with E-state index in [2.05, 4.69) is 16.5 Å². The van der Waals surface area contributed by atoms with E-state index in [1.54, 1.807) is 12.1 Å². The fourth-order valence-electron chi connectivity index (χ4n) is 3.12. The molecule has 0 aliphatic carbocycles. The number of amides is 1. The second kappa shape index (κ2) is 6.34. The number of hydrogen-bond donors (Lipinski definition) is 1. The summed E-state index contributed by atoms with van der Waals surface area (Å²) in [6.07, 6.45) is 3.21. The van der Waals surface area contributed by atoms with Crippen LogP contribution in [0.2, 0.25) is 0 Å². The van der Waals surface area contributed by atoms with Crippen molar-refractivity contribution in [2.24, 2.45) is 5.10 Å². The van der Waals surface area contributed by atoms with Gasteiger partial charge >= 0.3 is 0 Å². The highest BCUT2D eigenvalue weighted by atomic mass is 16.2. The molecule has 2 aliphatic heterocycles. The Morgan fingerprint density at radius 3 is 2.50 bits per heavy atom. The minimum absolute atomic E-state index is 0.171. The smallest absolute Gasteiger partial charge is 0.271 e. The number of carbonyl (C=O) groups excluding carboxylic acids is 1. The average Bonchev–Trinajstić information content (AvgIpc) is 2.69. The quantitative estimate of drug-likeness (QED) is 0.913. The van der Waals surface area contributed by atoms with E-state index in [-0.39, 0.29) is 12.1 Å². The first kappa shape index (κ1) is 15.9. The van der Waals surface area contributed by atoms with Gasteiger partial charge in [0.2, 0.25) is 0 Å². The number of fused-ring (bicyclic) bond motifs is 1. The summed E-state index contributed by atoms with van der Waals surface area (Å²) >= 11 is 0. The van der Waals surface area contributed by atoms with Crippen LogP contribution in [-0.2, 0) is 4.79 Å². The maximum absolute atomic E-state index is 12.5. The van der Waals surface area contributed by atoms with Crippen molar-refractivity contribution >= 4 is 22.9 Å². The average molecular weight is 340 g/mol. The lowest BCUT2D eigenvalue weighted by molar-refractivity contribution is -0.128. The molecule has 1 unspecified atom stereocenters. The number of allylic oxidation sites excluding steroid dienone is 1. The molecule has 126 valence electrons.